The lowest BCUT2D eigenvalue weighted by molar-refractivity contribution is -0.0895. The van der Waals surface area contributed by atoms with Crippen LogP contribution < -0.4 is 0 Å². The van der Waals surface area contributed by atoms with Crippen LogP contribution in [0, 0.1) is 0 Å². The van der Waals surface area contributed by atoms with Crippen molar-refractivity contribution in [2.75, 3.05) is 13.2 Å². The zero-order valence-electron chi connectivity index (χ0n) is 17.9. The van der Waals surface area contributed by atoms with Crippen molar-refractivity contribution in [1.82, 2.24) is 0 Å². The fourth-order valence-corrected chi connectivity index (χ4v) is 3.42. The predicted molar refractivity (Wildman–Crippen MR) is 116 cm³/mol. The largest absolute Gasteiger partial charge is 0.374 e. The highest BCUT2D eigenvalue weighted by Gasteiger charge is 2.39. The smallest absolute Gasteiger partial charge is 0.115 e. The normalized spacial score (nSPS) is 23.9. The Balaban J connectivity index is 1.39. The van der Waals surface area contributed by atoms with Crippen molar-refractivity contribution in [3.63, 3.8) is 0 Å². The van der Waals surface area contributed by atoms with E-state index in [0.717, 1.165) is 16.7 Å². The quantitative estimate of drug-likeness (QED) is 0.487. The van der Waals surface area contributed by atoms with Gasteiger partial charge in [0, 0.05) is 0 Å². The Hall–Kier alpha value is -2.50. The molecular weight excluding hydrogens is 376 g/mol. The lowest BCUT2D eigenvalue weighted by Crippen LogP contribution is -2.37. The van der Waals surface area contributed by atoms with Crippen LogP contribution >= 0.6 is 0 Å². The van der Waals surface area contributed by atoms with Gasteiger partial charge in [-0.25, -0.2) is 0 Å². The molecule has 0 unspecified atom stereocenters. The van der Waals surface area contributed by atoms with Crippen LogP contribution in [0.15, 0.2) is 91.0 Å². The van der Waals surface area contributed by atoms with Gasteiger partial charge in [0.1, 0.15) is 18.3 Å². The number of rotatable bonds is 10. The summed E-state index contributed by atoms with van der Waals surface area (Å²) in [5.74, 6) is 0. The SMILES string of the molecule is [2H][C@@H]1O[C@H](COCc2ccccc2)[C@@H](OCc2ccccc2)[C@@H]1OCc1ccccc1. The maximum absolute atomic E-state index is 8.42. The molecule has 1 aliphatic heterocycles. The first-order chi connectivity index (χ1) is 15.3. The van der Waals surface area contributed by atoms with Gasteiger partial charge in [0.05, 0.1) is 34.4 Å². The molecule has 0 N–H and O–H groups in total. The first-order valence-electron chi connectivity index (χ1n) is 10.9. The molecule has 0 amide bonds. The standard InChI is InChI=1S/C26H28O4/c1-4-10-21(11-5-1)16-27-19-24-26(30-18-23-14-8-3-9-15-23)25(20-29-24)28-17-22-12-6-2-7-13-22/h1-15,24-26H,16-20H2/t24-,25-,26-/m1/s1/i20D/t20-,24+,25+,26+/m0. The van der Waals surface area contributed by atoms with Gasteiger partial charge in [-0.05, 0) is 16.7 Å². The van der Waals surface area contributed by atoms with Crippen molar-refractivity contribution in [2.45, 2.75) is 38.1 Å². The maximum Gasteiger partial charge on any atom is 0.115 e. The summed E-state index contributed by atoms with van der Waals surface area (Å²) in [5, 5.41) is 0. The van der Waals surface area contributed by atoms with E-state index in [4.69, 9.17) is 20.3 Å². The van der Waals surface area contributed by atoms with Crippen molar-refractivity contribution in [3.05, 3.63) is 108 Å². The molecule has 156 valence electrons. The van der Waals surface area contributed by atoms with Crippen LogP contribution in [0.25, 0.3) is 0 Å². The Bertz CT molecular complexity index is 891. The average Bonchev–Trinajstić information content (AvgIpc) is 3.12. The second-order valence-electron chi connectivity index (χ2n) is 7.33. The molecule has 0 bridgehead atoms. The van der Waals surface area contributed by atoms with Crippen molar-refractivity contribution < 1.29 is 20.3 Å². The van der Waals surface area contributed by atoms with Crippen LogP contribution in [0.2, 0.25) is 0 Å². The monoisotopic (exact) mass is 405 g/mol. The van der Waals surface area contributed by atoms with E-state index in [1.807, 2.05) is 91.0 Å². The molecule has 0 radical (unpaired) electrons. The molecule has 1 aliphatic rings. The Labute approximate surface area is 179 Å². The molecule has 1 saturated heterocycles. The van der Waals surface area contributed by atoms with Gasteiger partial charge in [-0.1, -0.05) is 91.0 Å². The summed E-state index contributed by atoms with van der Waals surface area (Å²) in [6.45, 7) is 0.851. The minimum atomic E-state index is -0.824. The molecule has 4 heteroatoms. The minimum Gasteiger partial charge on any atom is -0.374 e. The molecule has 0 spiro atoms. The second kappa shape index (κ2) is 11.0. The van der Waals surface area contributed by atoms with E-state index in [1.165, 1.54) is 0 Å². The summed E-state index contributed by atoms with van der Waals surface area (Å²) >= 11 is 0. The topological polar surface area (TPSA) is 36.9 Å². The van der Waals surface area contributed by atoms with Crippen molar-refractivity contribution >= 4 is 0 Å². The number of hydrogen-bond acceptors (Lipinski definition) is 4. The summed E-state index contributed by atoms with van der Waals surface area (Å²) in [6, 6.07) is 30.0. The molecule has 4 nitrogen and oxygen atoms in total. The highest BCUT2D eigenvalue weighted by atomic mass is 16.6. The van der Waals surface area contributed by atoms with E-state index in [2.05, 4.69) is 0 Å². The Kier molecular flexibility index (Phi) is 7.16. The highest BCUT2D eigenvalue weighted by Crippen LogP contribution is 2.24. The lowest BCUT2D eigenvalue weighted by Gasteiger charge is -2.24. The molecule has 0 aliphatic carbocycles. The molecule has 1 heterocycles. The van der Waals surface area contributed by atoms with Crippen LogP contribution in [0.4, 0.5) is 0 Å². The van der Waals surface area contributed by atoms with Gasteiger partial charge < -0.3 is 18.9 Å². The van der Waals surface area contributed by atoms with Gasteiger partial charge in [-0.15, -0.1) is 0 Å². The Morgan fingerprint density at radius 2 is 1.20 bits per heavy atom. The third kappa shape index (κ3) is 6.00. The first-order valence-corrected chi connectivity index (χ1v) is 10.3. The summed E-state index contributed by atoms with van der Waals surface area (Å²) in [7, 11) is 0. The van der Waals surface area contributed by atoms with Crippen LogP contribution in [-0.2, 0) is 38.8 Å². The van der Waals surface area contributed by atoms with Crippen molar-refractivity contribution in [3.8, 4) is 0 Å². The summed E-state index contributed by atoms with van der Waals surface area (Å²) in [4.78, 5) is 0. The third-order valence-electron chi connectivity index (χ3n) is 5.04. The van der Waals surface area contributed by atoms with E-state index >= 15 is 0 Å². The van der Waals surface area contributed by atoms with Gasteiger partial charge in [0.2, 0.25) is 0 Å². The van der Waals surface area contributed by atoms with E-state index in [9.17, 15) is 0 Å². The van der Waals surface area contributed by atoms with Crippen molar-refractivity contribution in [2.24, 2.45) is 0 Å². The zero-order valence-corrected chi connectivity index (χ0v) is 16.9. The van der Waals surface area contributed by atoms with Gasteiger partial charge >= 0.3 is 0 Å². The van der Waals surface area contributed by atoms with Crippen LogP contribution in [0.3, 0.4) is 0 Å². The molecule has 3 aromatic carbocycles. The molecule has 1 fully saturated rings. The van der Waals surface area contributed by atoms with Gasteiger partial charge in [-0.2, -0.15) is 0 Å². The molecule has 4 atom stereocenters. The number of ether oxygens (including phenoxy) is 4. The van der Waals surface area contributed by atoms with Gasteiger partial charge in [0.25, 0.3) is 0 Å². The summed E-state index contributed by atoms with van der Waals surface area (Å²) in [6.07, 6.45) is -1.24. The Morgan fingerprint density at radius 1 is 0.700 bits per heavy atom. The molecule has 3 aromatic rings. The van der Waals surface area contributed by atoms with Crippen LogP contribution in [0.5, 0.6) is 0 Å². The fourth-order valence-electron chi connectivity index (χ4n) is 3.42. The van der Waals surface area contributed by atoms with Crippen LogP contribution in [-0.4, -0.2) is 31.5 Å². The third-order valence-corrected chi connectivity index (χ3v) is 5.04. The molecule has 30 heavy (non-hydrogen) atoms. The van der Waals surface area contributed by atoms with Gasteiger partial charge in [0.15, 0.2) is 0 Å². The maximum atomic E-state index is 8.42. The number of hydrogen-bond donors (Lipinski definition) is 0. The van der Waals surface area contributed by atoms with Gasteiger partial charge in [-0.3, -0.25) is 0 Å². The van der Waals surface area contributed by atoms with Crippen molar-refractivity contribution in [1.29, 1.82) is 0 Å². The lowest BCUT2D eigenvalue weighted by atomic mass is 10.1. The number of benzene rings is 3. The summed E-state index contributed by atoms with van der Waals surface area (Å²) in [5.41, 5.74) is 3.23. The minimum absolute atomic E-state index is 0.342. The fraction of sp³-hybridized carbons (Fsp3) is 0.308. The molecule has 0 saturated carbocycles. The zero-order chi connectivity index (χ0) is 21.3. The Morgan fingerprint density at radius 3 is 1.77 bits per heavy atom. The second-order valence-corrected chi connectivity index (χ2v) is 7.33. The first kappa shape index (κ1) is 19.5. The predicted octanol–water partition coefficient (Wildman–Crippen LogP) is 4.77. The van der Waals surface area contributed by atoms with E-state index in [1.54, 1.807) is 0 Å². The molecule has 0 aromatic heterocycles. The summed E-state index contributed by atoms with van der Waals surface area (Å²) < 4.78 is 32.5. The van der Waals surface area contributed by atoms with E-state index in [0.29, 0.717) is 26.4 Å². The average molecular weight is 406 g/mol. The highest BCUT2D eigenvalue weighted by molar-refractivity contribution is 5.15. The van der Waals surface area contributed by atoms with E-state index in [-0.39, 0.29) is 12.2 Å². The molecular formula is C26H28O4. The van der Waals surface area contributed by atoms with E-state index < -0.39 is 12.7 Å². The molecule has 4 rings (SSSR count). The van der Waals surface area contributed by atoms with Crippen LogP contribution in [0.1, 0.15) is 18.1 Å².